The second-order valence-electron chi connectivity index (χ2n) is 8.04. The fraction of sp³-hybridized carbons (Fsp3) is 0.500. The Morgan fingerprint density at radius 3 is 2.53 bits per heavy atom. The first kappa shape index (κ1) is 27.3. The van der Waals surface area contributed by atoms with E-state index >= 15 is 0 Å². The Kier molecular flexibility index (Phi) is 11.0. The van der Waals surface area contributed by atoms with Gasteiger partial charge in [-0.3, -0.25) is 5.09 Å². The summed E-state index contributed by atoms with van der Waals surface area (Å²) in [7, 11) is 2.18. The molecule has 0 bridgehead atoms. The number of hydrogen-bond donors (Lipinski definition) is 4. The Labute approximate surface area is 206 Å². The van der Waals surface area contributed by atoms with Crippen molar-refractivity contribution in [3.63, 3.8) is 0 Å². The molecule has 0 amide bonds. The predicted molar refractivity (Wildman–Crippen MR) is 131 cm³/mol. The van der Waals surface area contributed by atoms with Gasteiger partial charge in [0.25, 0.3) is 8.53 Å². The third-order valence-corrected chi connectivity index (χ3v) is 7.19. The van der Waals surface area contributed by atoms with E-state index in [1.807, 2.05) is 42.5 Å². The lowest BCUT2D eigenvalue weighted by molar-refractivity contribution is -0.181. The van der Waals surface area contributed by atoms with Crippen molar-refractivity contribution in [1.29, 1.82) is 0 Å². The van der Waals surface area contributed by atoms with Crippen LogP contribution in [-0.2, 0) is 20.2 Å². The normalized spacial score (nSPS) is 22.8. The van der Waals surface area contributed by atoms with E-state index in [1.54, 1.807) is 14.2 Å². The average molecular weight is 514 g/mol. The lowest BCUT2D eigenvalue weighted by Gasteiger charge is -2.36. The fourth-order valence-corrected chi connectivity index (χ4v) is 4.74. The molecule has 188 valence electrons. The molecule has 1 fully saturated rings. The molecule has 0 aliphatic carbocycles. The maximum Gasteiger partial charge on any atom is 0.255 e. The summed E-state index contributed by atoms with van der Waals surface area (Å²) in [6.07, 6.45) is -1.62. The summed E-state index contributed by atoms with van der Waals surface area (Å²) < 4.78 is 21.9. The highest BCUT2D eigenvalue weighted by atomic mass is 35.5. The molecule has 3 rings (SSSR count). The molecule has 4 N–H and O–H groups in total. The van der Waals surface area contributed by atoms with E-state index in [1.165, 1.54) is 0 Å². The van der Waals surface area contributed by atoms with Crippen LogP contribution in [0.25, 0.3) is 0 Å². The van der Waals surface area contributed by atoms with E-state index in [0.717, 1.165) is 35.4 Å². The molecule has 0 saturated carbocycles. The predicted octanol–water partition coefficient (Wildman–Crippen LogP) is 3.35. The average Bonchev–Trinajstić information content (AvgIpc) is 2.85. The number of hydrogen-bond acceptors (Lipinski definition) is 8. The van der Waals surface area contributed by atoms with E-state index in [0.29, 0.717) is 18.1 Å². The minimum Gasteiger partial charge on any atom is -0.494 e. The van der Waals surface area contributed by atoms with Crippen LogP contribution in [0.5, 0.6) is 5.75 Å². The first-order valence-corrected chi connectivity index (χ1v) is 12.7. The molecule has 0 spiro atoms. The monoisotopic (exact) mass is 513 g/mol. The van der Waals surface area contributed by atoms with Crippen LogP contribution >= 0.6 is 20.1 Å². The standard InChI is InChI=1S/C24H33ClNO7P/c1-30-34(31-2)26-10-3-11-32-19-7-4-16(5-8-19)12-18-13-17(6-9-20(18)25)22-14-21(28)24(29)23(15-27)33-22/h4-9,13,21-24,26-29H,3,10-12,14-15H2,1-2H3/t21?,22?,23?,24-/m0/s1. The van der Waals surface area contributed by atoms with Crippen LogP contribution in [0.2, 0.25) is 5.02 Å². The first-order valence-electron chi connectivity index (χ1n) is 11.2. The van der Waals surface area contributed by atoms with Crippen molar-refractivity contribution in [3.05, 3.63) is 64.2 Å². The van der Waals surface area contributed by atoms with E-state index in [9.17, 15) is 15.3 Å². The topological polar surface area (TPSA) is 110 Å². The molecular weight excluding hydrogens is 481 g/mol. The van der Waals surface area contributed by atoms with Crippen LogP contribution in [0, 0.1) is 0 Å². The minimum atomic E-state index is -1.10. The minimum absolute atomic E-state index is 0.249. The van der Waals surface area contributed by atoms with Crippen LogP contribution in [0.1, 0.15) is 35.6 Å². The summed E-state index contributed by atoms with van der Waals surface area (Å²) >= 11 is 6.45. The molecule has 4 atom stereocenters. The van der Waals surface area contributed by atoms with Gasteiger partial charge in [-0.2, -0.15) is 0 Å². The maximum absolute atomic E-state index is 10.1. The van der Waals surface area contributed by atoms with E-state index in [-0.39, 0.29) is 13.0 Å². The number of benzene rings is 2. The van der Waals surface area contributed by atoms with Gasteiger partial charge in [0.05, 0.1) is 25.4 Å². The van der Waals surface area contributed by atoms with Crippen LogP contribution in [0.4, 0.5) is 0 Å². The number of halogens is 1. The number of aliphatic hydroxyl groups is 3. The van der Waals surface area contributed by atoms with E-state index in [2.05, 4.69) is 5.09 Å². The molecule has 1 aliphatic heterocycles. The zero-order valence-electron chi connectivity index (χ0n) is 19.4. The Morgan fingerprint density at radius 1 is 1.12 bits per heavy atom. The van der Waals surface area contributed by atoms with Crippen molar-refractivity contribution in [2.24, 2.45) is 0 Å². The molecule has 3 unspecified atom stereocenters. The smallest absolute Gasteiger partial charge is 0.255 e. The summed E-state index contributed by atoms with van der Waals surface area (Å²) in [5.74, 6) is 0.794. The molecule has 2 aromatic rings. The number of aliphatic hydroxyl groups excluding tert-OH is 3. The molecule has 8 nitrogen and oxygen atoms in total. The number of rotatable bonds is 12. The maximum atomic E-state index is 10.1. The van der Waals surface area contributed by atoms with Gasteiger partial charge in [0, 0.05) is 32.2 Å². The van der Waals surface area contributed by atoms with Gasteiger partial charge in [0.2, 0.25) is 0 Å². The van der Waals surface area contributed by atoms with Crippen LogP contribution in [-0.4, -0.2) is 67.6 Å². The Balaban J connectivity index is 1.55. The van der Waals surface area contributed by atoms with E-state index in [4.69, 9.17) is 30.1 Å². The molecule has 1 aliphatic rings. The summed E-state index contributed by atoms with van der Waals surface area (Å²) in [4.78, 5) is 0. The van der Waals surface area contributed by atoms with Crippen molar-refractivity contribution in [3.8, 4) is 5.75 Å². The fourth-order valence-electron chi connectivity index (χ4n) is 3.81. The SMILES string of the molecule is COP(NCCCOc1ccc(Cc2cc(C3CC(O)[C@H](O)C(CO)O3)ccc2Cl)cc1)OC. The van der Waals surface area contributed by atoms with Gasteiger partial charge in [-0.25, -0.2) is 0 Å². The molecule has 0 aromatic heterocycles. The van der Waals surface area contributed by atoms with Gasteiger partial charge in [0.1, 0.15) is 18.0 Å². The summed E-state index contributed by atoms with van der Waals surface area (Å²) in [6, 6.07) is 13.5. The van der Waals surface area contributed by atoms with Crippen LogP contribution < -0.4 is 9.82 Å². The van der Waals surface area contributed by atoms with Crippen molar-refractivity contribution < 1.29 is 33.8 Å². The molecule has 1 heterocycles. The lowest BCUT2D eigenvalue weighted by Crippen LogP contribution is -2.47. The zero-order valence-corrected chi connectivity index (χ0v) is 21.0. The highest BCUT2D eigenvalue weighted by Gasteiger charge is 2.37. The number of ether oxygens (including phenoxy) is 2. The lowest BCUT2D eigenvalue weighted by atomic mass is 9.92. The van der Waals surface area contributed by atoms with Crippen molar-refractivity contribution in [1.82, 2.24) is 5.09 Å². The van der Waals surface area contributed by atoms with Crippen molar-refractivity contribution in [2.75, 3.05) is 34.0 Å². The van der Waals surface area contributed by atoms with Crippen LogP contribution in [0.3, 0.4) is 0 Å². The van der Waals surface area contributed by atoms with Gasteiger partial charge in [-0.15, -0.1) is 0 Å². The summed E-state index contributed by atoms with van der Waals surface area (Å²) in [5, 5.41) is 33.4. The van der Waals surface area contributed by atoms with Crippen LogP contribution in [0.15, 0.2) is 42.5 Å². The summed E-state index contributed by atoms with van der Waals surface area (Å²) in [6.45, 7) is 0.954. The van der Waals surface area contributed by atoms with E-state index < -0.39 is 32.9 Å². The molecule has 2 aromatic carbocycles. The first-order chi connectivity index (χ1) is 16.4. The van der Waals surface area contributed by atoms with Crippen molar-refractivity contribution >= 4 is 20.1 Å². The quantitative estimate of drug-likeness (QED) is 0.253. The Bertz CT molecular complexity index is 884. The largest absolute Gasteiger partial charge is 0.494 e. The van der Waals surface area contributed by atoms with Gasteiger partial charge in [0.15, 0.2) is 0 Å². The second kappa shape index (κ2) is 13.7. The van der Waals surface area contributed by atoms with Gasteiger partial charge in [-0.1, -0.05) is 35.9 Å². The van der Waals surface area contributed by atoms with Gasteiger partial charge >= 0.3 is 0 Å². The molecule has 34 heavy (non-hydrogen) atoms. The summed E-state index contributed by atoms with van der Waals surface area (Å²) in [5.41, 5.74) is 2.85. The highest BCUT2D eigenvalue weighted by molar-refractivity contribution is 7.44. The molecule has 1 saturated heterocycles. The molecular formula is C24H33ClNO7P. The highest BCUT2D eigenvalue weighted by Crippen LogP contribution is 2.34. The number of nitrogens with one attached hydrogen (secondary N) is 1. The third kappa shape index (κ3) is 7.59. The van der Waals surface area contributed by atoms with Gasteiger partial charge < -0.3 is 33.8 Å². The molecule has 0 radical (unpaired) electrons. The van der Waals surface area contributed by atoms with Gasteiger partial charge in [-0.05, 0) is 47.7 Å². The second-order valence-corrected chi connectivity index (χ2v) is 10.0. The Morgan fingerprint density at radius 2 is 1.85 bits per heavy atom. The zero-order chi connectivity index (χ0) is 24.5. The Hall–Kier alpha value is -1.32. The molecule has 10 heteroatoms. The third-order valence-electron chi connectivity index (χ3n) is 5.67. The van der Waals surface area contributed by atoms with Crippen molar-refractivity contribution in [2.45, 2.75) is 43.7 Å².